The Balaban J connectivity index is 1.61. The summed E-state index contributed by atoms with van der Waals surface area (Å²) in [6.07, 6.45) is 3.46. The second kappa shape index (κ2) is 8.76. The molecule has 0 aliphatic rings. The minimum absolute atomic E-state index is 0.0934. The van der Waals surface area contributed by atoms with Crippen molar-refractivity contribution in [1.82, 2.24) is 20.3 Å². The molecule has 1 aromatic carbocycles. The lowest BCUT2D eigenvalue weighted by molar-refractivity contribution is -0.118. The van der Waals surface area contributed by atoms with Gasteiger partial charge in [0, 0.05) is 55.2 Å². The van der Waals surface area contributed by atoms with Crippen LogP contribution >= 0.6 is 0 Å². The molecule has 3 amide bonds. The number of fused-ring (bicyclic) bond motifs is 1. The standard InChI is InChI=1S/C19H21N7O2/c1-12-9-17(22-8-7-21-13(2)27)25-18(23-12)26-19(28)24-16-4-3-14-5-6-20-11-15(14)10-16/h3-6,9-11H,7-8H2,1-2H3,(H,21,27)(H3,22,23,24,25,26,28). The monoisotopic (exact) mass is 379 g/mol. The van der Waals surface area contributed by atoms with Gasteiger partial charge in [0.25, 0.3) is 0 Å². The first-order valence-electron chi connectivity index (χ1n) is 8.75. The van der Waals surface area contributed by atoms with Crippen LogP contribution in [0.2, 0.25) is 0 Å². The van der Waals surface area contributed by atoms with Gasteiger partial charge in [0.05, 0.1) is 0 Å². The number of anilines is 3. The van der Waals surface area contributed by atoms with E-state index in [0.29, 0.717) is 30.3 Å². The van der Waals surface area contributed by atoms with Gasteiger partial charge in [-0.1, -0.05) is 6.07 Å². The highest BCUT2D eigenvalue weighted by atomic mass is 16.2. The minimum Gasteiger partial charge on any atom is -0.368 e. The highest BCUT2D eigenvalue weighted by molar-refractivity contribution is 6.00. The van der Waals surface area contributed by atoms with Crippen molar-refractivity contribution in [1.29, 1.82) is 0 Å². The molecule has 0 saturated carbocycles. The molecule has 4 N–H and O–H groups in total. The second-order valence-electron chi connectivity index (χ2n) is 6.14. The third-order valence-electron chi connectivity index (χ3n) is 3.78. The molecule has 0 atom stereocenters. The van der Waals surface area contributed by atoms with Gasteiger partial charge in [-0.3, -0.25) is 15.1 Å². The summed E-state index contributed by atoms with van der Waals surface area (Å²) in [7, 11) is 0. The van der Waals surface area contributed by atoms with Crippen LogP contribution in [0.5, 0.6) is 0 Å². The molecule has 0 aliphatic heterocycles. The van der Waals surface area contributed by atoms with E-state index >= 15 is 0 Å². The van der Waals surface area contributed by atoms with Crippen LogP contribution in [0.25, 0.3) is 10.8 Å². The van der Waals surface area contributed by atoms with Crippen molar-refractivity contribution >= 4 is 40.2 Å². The molecule has 0 bridgehead atoms. The van der Waals surface area contributed by atoms with Gasteiger partial charge in [-0.2, -0.15) is 4.98 Å². The Bertz CT molecular complexity index is 1010. The van der Waals surface area contributed by atoms with Crippen molar-refractivity contribution in [3.8, 4) is 0 Å². The summed E-state index contributed by atoms with van der Waals surface area (Å²) in [5.74, 6) is 0.649. The first kappa shape index (κ1) is 19.0. The zero-order chi connectivity index (χ0) is 19.9. The maximum atomic E-state index is 12.3. The van der Waals surface area contributed by atoms with Crippen molar-refractivity contribution in [3.05, 3.63) is 48.4 Å². The van der Waals surface area contributed by atoms with Gasteiger partial charge in [-0.25, -0.2) is 9.78 Å². The van der Waals surface area contributed by atoms with Gasteiger partial charge in [0.1, 0.15) is 5.82 Å². The number of hydrogen-bond donors (Lipinski definition) is 4. The molecule has 28 heavy (non-hydrogen) atoms. The van der Waals surface area contributed by atoms with Crippen LogP contribution in [-0.4, -0.2) is 40.0 Å². The molecule has 9 heteroatoms. The molecule has 0 saturated heterocycles. The summed E-state index contributed by atoms with van der Waals surface area (Å²) in [5, 5.41) is 13.1. The molecule has 3 rings (SSSR count). The fourth-order valence-electron chi connectivity index (χ4n) is 2.57. The summed E-state index contributed by atoms with van der Waals surface area (Å²) in [4.78, 5) is 35.7. The third kappa shape index (κ3) is 5.37. The zero-order valence-electron chi connectivity index (χ0n) is 15.6. The van der Waals surface area contributed by atoms with Crippen molar-refractivity contribution in [2.24, 2.45) is 0 Å². The Hall–Kier alpha value is -3.75. The van der Waals surface area contributed by atoms with E-state index in [1.807, 2.05) is 24.3 Å². The molecular weight excluding hydrogens is 358 g/mol. The topological polar surface area (TPSA) is 121 Å². The van der Waals surface area contributed by atoms with E-state index in [4.69, 9.17) is 0 Å². The van der Waals surface area contributed by atoms with Gasteiger partial charge in [0.2, 0.25) is 11.9 Å². The molecule has 2 heterocycles. The highest BCUT2D eigenvalue weighted by Crippen LogP contribution is 2.18. The van der Waals surface area contributed by atoms with Crippen molar-refractivity contribution in [3.63, 3.8) is 0 Å². The van der Waals surface area contributed by atoms with E-state index in [2.05, 4.69) is 36.2 Å². The predicted octanol–water partition coefficient (Wildman–Crippen LogP) is 2.53. The van der Waals surface area contributed by atoms with Gasteiger partial charge < -0.3 is 16.0 Å². The van der Waals surface area contributed by atoms with Crippen molar-refractivity contribution < 1.29 is 9.59 Å². The Morgan fingerprint density at radius 2 is 1.86 bits per heavy atom. The maximum Gasteiger partial charge on any atom is 0.326 e. The normalized spacial score (nSPS) is 10.4. The first-order valence-corrected chi connectivity index (χ1v) is 8.75. The lowest BCUT2D eigenvalue weighted by Gasteiger charge is -2.10. The van der Waals surface area contributed by atoms with Crippen LogP contribution in [0.15, 0.2) is 42.7 Å². The highest BCUT2D eigenvalue weighted by Gasteiger charge is 2.08. The minimum atomic E-state index is -0.446. The smallest absolute Gasteiger partial charge is 0.326 e. The van der Waals surface area contributed by atoms with Crippen LogP contribution < -0.4 is 21.3 Å². The Morgan fingerprint density at radius 3 is 2.68 bits per heavy atom. The summed E-state index contributed by atoms with van der Waals surface area (Å²) in [5.41, 5.74) is 1.34. The number of nitrogens with one attached hydrogen (secondary N) is 4. The second-order valence-corrected chi connectivity index (χ2v) is 6.14. The lowest BCUT2D eigenvalue weighted by Crippen LogP contribution is -2.26. The van der Waals surface area contributed by atoms with Crippen LogP contribution in [0.4, 0.5) is 22.2 Å². The number of aromatic nitrogens is 3. The number of benzene rings is 1. The summed E-state index contributed by atoms with van der Waals surface area (Å²) >= 11 is 0. The number of pyridine rings is 1. The van der Waals surface area contributed by atoms with Crippen molar-refractivity contribution in [2.45, 2.75) is 13.8 Å². The van der Waals surface area contributed by atoms with Gasteiger partial charge in [0.15, 0.2) is 0 Å². The number of carbonyl (C=O) groups excluding carboxylic acids is 2. The number of amides is 3. The summed E-state index contributed by atoms with van der Waals surface area (Å²) < 4.78 is 0. The molecule has 2 aromatic heterocycles. The first-order chi connectivity index (χ1) is 13.5. The fourth-order valence-corrected chi connectivity index (χ4v) is 2.57. The number of rotatable bonds is 6. The molecule has 3 aromatic rings. The average molecular weight is 379 g/mol. The number of carbonyl (C=O) groups is 2. The zero-order valence-corrected chi connectivity index (χ0v) is 15.6. The molecule has 0 spiro atoms. The number of aryl methyl sites for hydroxylation is 1. The molecule has 0 unspecified atom stereocenters. The third-order valence-corrected chi connectivity index (χ3v) is 3.78. The number of hydrogen-bond acceptors (Lipinski definition) is 6. The van der Waals surface area contributed by atoms with E-state index in [9.17, 15) is 9.59 Å². The lowest BCUT2D eigenvalue weighted by atomic mass is 10.1. The fraction of sp³-hybridized carbons (Fsp3) is 0.211. The largest absolute Gasteiger partial charge is 0.368 e. The van der Waals surface area contributed by atoms with Crippen LogP contribution in [0.1, 0.15) is 12.6 Å². The van der Waals surface area contributed by atoms with E-state index in [0.717, 1.165) is 10.8 Å². The van der Waals surface area contributed by atoms with Gasteiger partial charge in [-0.05, 0) is 30.5 Å². The van der Waals surface area contributed by atoms with E-state index < -0.39 is 6.03 Å². The molecule has 144 valence electrons. The number of nitrogens with zero attached hydrogens (tertiary/aromatic N) is 3. The Kier molecular flexibility index (Phi) is 5.95. The van der Waals surface area contributed by atoms with Crippen LogP contribution in [0, 0.1) is 6.92 Å². The SMILES string of the molecule is CC(=O)NCCNc1cc(C)nc(NC(=O)Nc2ccc3ccncc3c2)n1. The van der Waals surface area contributed by atoms with E-state index in [1.165, 1.54) is 6.92 Å². The number of urea groups is 1. The average Bonchev–Trinajstić information content (AvgIpc) is 2.64. The Morgan fingerprint density at radius 1 is 1.00 bits per heavy atom. The molecule has 9 nitrogen and oxygen atoms in total. The maximum absolute atomic E-state index is 12.3. The van der Waals surface area contributed by atoms with Crippen LogP contribution in [0.3, 0.4) is 0 Å². The van der Waals surface area contributed by atoms with E-state index in [1.54, 1.807) is 25.4 Å². The Labute approximate surface area is 162 Å². The molecule has 0 aliphatic carbocycles. The van der Waals surface area contributed by atoms with E-state index in [-0.39, 0.29) is 11.9 Å². The van der Waals surface area contributed by atoms with Gasteiger partial charge in [-0.15, -0.1) is 0 Å². The summed E-state index contributed by atoms with van der Waals surface area (Å²) in [6, 6.07) is 8.78. The van der Waals surface area contributed by atoms with Gasteiger partial charge >= 0.3 is 6.03 Å². The van der Waals surface area contributed by atoms with Crippen molar-refractivity contribution in [2.75, 3.05) is 29.0 Å². The molecular formula is C19H21N7O2. The molecule has 0 fully saturated rings. The molecule has 0 radical (unpaired) electrons. The quantitative estimate of drug-likeness (QED) is 0.488. The summed E-state index contributed by atoms with van der Waals surface area (Å²) in [6.45, 7) is 4.24. The predicted molar refractivity (Wildman–Crippen MR) is 108 cm³/mol. The van der Waals surface area contributed by atoms with Crippen LogP contribution in [-0.2, 0) is 4.79 Å².